The van der Waals surface area contributed by atoms with Gasteiger partial charge in [0, 0.05) is 12.0 Å². The molecule has 0 aliphatic rings. The number of hydrogen-bond acceptors (Lipinski definition) is 2. The molecule has 118 valence electrons. The highest BCUT2D eigenvalue weighted by atomic mass is 16.3. The van der Waals surface area contributed by atoms with Gasteiger partial charge in [-0.3, -0.25) is 0 Å². The van der Waals surface area contributed by atoms with E-state index in [1.54, 1.807) is 12.1 Å². The third-order valence-corrected chi connectivity index (χ3v) is 4.11. The van der Waals surface area contributed by atoms with Gasteiger partial charge in [0.25, 0.3) is 0 Å². The number of unbranched alkanes of at least 4 members (excludes halogenated alkanes) is 1. The first kappa shape index (κ1) is 16.6. The Morgan fingerprint density at radius 1 is 0.955 bits per heavy atom. The fourth-order valence-corrected chi connectivity index (χ4v) is 2.82. The minimum atomic E-state index is 0.324. The van der Waals surface area contributed by atoms with Crippen LogP contribution < -0.4 is 5.32 Å². The van der Waals surface area contributed by atoms with Crippen molar-refractivity contribution in [1.29, 1.82) is 0 Å². The smallest absolute Gasteiger partial charge is 0.115 e. The number of rotatable bonds is 8. The highest BCUT2D eigenvalue weighted by Crippen LogP contribution is 2.30. The number of aromatic hydroxyl groups is 1. The average molecular weight is 297 g/mol. The van der Waals surface area contributed by atoms with Crippen molar-refractivity contribution in [3.8, 4) is 5.75 Å². The highest BCUT2D eigenvalue weighted by molar-refractivity contribution is 5.35. The van der Waals surface area contributed by atoms with Gasteiger partial charge in [0.15, 0.2) is 0 Å². The van der Waals surface area contributed by atoms with Crippen LogP contribution >= 0.6 is 0 Å². The number of benzene rings is 2. The summed E-state index contributed by atoms with van der Waals surface area (Å²) in [7, 11) is 0. The van der Waals surface area contributed by atoms with E-state index in [2.05, 4.69) is 49.5 Å². The Labute approximate surface area is 134 Å². The number of hydrogen-bond donors (Lipinski definition) is 2. The lowest BCUT2D eigenvalue weighted by Gasteiger charge is -2.23. The molecule has 0 radical (unpaired) electrons. The van der Waals surface area contributed by atoms with Gasteiger partial charge in [-0.15, -0.1) is 0 Å². The molecule has 22 heavy (non-hydrogen) atoms. The zero-order valence-corrected chi connectivity index (χ0v) is 13.6. The second kappa shape index (κ2) is 8.60. The van der Waals surface area contributed by atoms with Crippen molar-refractivity contribution in [3.63, 3.8) is 0 Å². The molecule has 0 saturated carbocycles. The van der Waals surface area contributed by atoms with E-state index < -0.39 is 0 Å². The van der Waals surface area contributed by atoms with Crippen LogP contribution in [0.25, 0.3) is 0 Å². The molecule has 0 fully saturated rings. The first-order chi connectivity index (χ1) is 10.7. The number of phenolic OH excluding ortho intramolecular Hbond substituents is 1. The van der Waals surface area contributed by atoms with Gasteiger partial charge in [-0.25, -0.2) is 0 Å². The first-order valence-electron chi connectivity index (χ1n) is 8.28. The lowest BCUT2D eigenvalue weighted by Crippen LogP contribution is -2.29. The summed E-state index contributed by atoms with van der Waals surface area (Å²) < 4.78 is 0. The van der Waals surface area contributed by atoms with Gasteiger partial charge in [0.2, 0.25) is 0 Å². The lowest BCUT2D eigenvalue weighted by molar-refractivity contribution is 0.472. The van der Waals surface area contributed by atoms with Gasteiger partial charge in [0.1, 0.15) is 5.75 Å². The van der Waals surface area contributed by atoms with Crippen molar-refractivity contribution in [2.45, 2.75) is 45.1 Å². The maximum absolute atomic E-state index is 9.52. The summed E-state index contributed by atoms with van der Waals surface area (Å²) in [6, 6.07) is 18.7. The Bertz CT molecular complexity index is 535. The van der Waals surface area contributed by atoms with Gasteiger partial charge >= 0.3 is 0 Å². The topological polar surface area (TPSA) is 32.3 Å². The van der Waals surface area contributed by atoms with Crippen LogP contribution in [0.4, 0.5) is 0 Å². The average Bonchev–Trinajstić information content (AvgIpc) is 2.55. The molecule has 0 bridgehead atoms. The molecule has 2 rings (SSSR count). The summed E-state index contributed by atoms with van der Waals surface area (Å²) >= 11 is 0. The maximum atomic E-state index is 9.52. The molecule has 0 amide bonds. The molecule has 2 nitrogen and oxygen atoms in total. The molecule has 2 atom stereocenters. The van der Waals surface area contributed by atoms with E-state index in [4.69, 9.17) is 0 Å². The summed E-state index contributed by atoms with van der Waals surface area (Å²) in [4.78, 5) is 0. The first-order valence-corrected chi connectivity index (χ1v) is 8.28. The Hall–Kier alpha value is -1.80. The largest absolute Gasteiger partial charge is 0.508 e. The Kier molecular flexibility index (Phi) is 6.47. The molecule has 2 heteroatoms. The molecule has 2 aromatic rings. The molecule has 2 unspecified atom stereocenters. The Morgan fingerprint density at radius 2 is 1.59 bits per heavy atom. The minimum Gasteiger partial charge on any atom is -0.508 e. The molecular formula is C20H27NO. The van der Waals surface area contributed by atoms with Crippen molar-refractivity contribution in [1.82, 2.24) is 5.32 Å². The predicted molar refractivity (Wildman–Crippen MR) is 93.4 cm³/mol. The molecule has 0 aliphatic heterocycles. The maximum Gasteiger partial charge on any atom is 0.115 e. The quantitative estimate of drug-likeness (QED) is 0.693. The predicted octanol–water partition coefficient (Wildman–Crippen LogP) is 4.69. The van der Waals surface area contributed by atoms with Crippen molar-refractivity contribution < 1.29 is 5.11 Å². The van der Waals surface area contributed by atoms with Gasteiger partial charge in [0.05, 0.1) is 0 Å². The van der Waals surface area contributed by atoms with Gasteiger partial charge in [-0.1, -0.05) is 55.8 Å². The summed E-state index contributed by atoms with van der Waals surface area (Å²) in [6.07, 6.45) is 3.50. The SMILES string of the molecule is CCCCNC(C)CC(c1ccccc1)c1ccc(O)cc1. The zero-order chi connectivity index (χ0) is 15.8. The summed E-state index contributed by atoms with van der Waals surface area (Å²) in [5, 5.41) is 13.1. The standard InChI is InChI=1S/C20H27NO/c1-3-4-14-21-16(2)15-20(17-8-6-5-7-9-17)18-10-12-19(22)13-11-18/h5-13,16,20-22H,3-4,14-15H2,1-2H3. The monoisotopic (exact) mass is 297 g/mol. The number of phenols is 1. The second-order valence-electron chi connectivity index (χ2n) is 6.00. The van der Waals surface area contributed by atoms with E-state index >= 15 is 0 Å². The van der Waals surface area contributed by atoms with E-state index in [1.807, 2.05) is 12.1 Å². The second-order valence-corrected chi connectivity index (χ2v) is 6.00. The van der Waals surface area contributed by atoms with Crippen LogP contribution in [0.15, 0.2) is 54.6 Å². The van der Waals surface area contributed by atoms with E-state index in [-0.39, 0.29) is 0 Å². The minimum absolute atomic E-state index is 0.324. The van der Waals surface area contributed by atoms with Crippen molar-refractivity contribution in [2.75, 3.05) is 6.54 Å². The van der Waals surface area contributed by atoms with Gasteiger partial charge in [-0.2, -0.15) is 0 Å². The Balaban J connectivity index is 2.13. The summed E-state index contributed by atoms with van der Waals surface area (Å²) in [6.45, 7) is 5.55. The Morgan fingerprint density at radius 3 is 2.23 bits per heavy atom. The molecule has 0 heterocycles. The van der Waals surface area contributed by atoms with Crippen LogP contribution in [-0.4, -0.2) is 17.7 Å². The van der Waals surface area contributed by atoms with Crippen LogP contribution in [0.2, 0.25) is 0 Å². The fraction of sp³-hybridized carbons (Fsp3) is 0.400. The molecule has 0 spiro atoms. The van der Waals surface area contributed by atoms with Crippen LogP contribution in [-0.2, 0) is 0 Å². The molecule has 0 aliphatic carbocycles. The van der Waals surface area contributed by atoms with E-state index in [9.17, 15) is 5.11 Å². The molecule has 0 saturated heterocycles. The van der Waals surface area contributed by atoms with E-state index in [1.165, 1.54) is 24.0 Å². The third-order valence-electron chi connectivity index (χ3n) is 4.11. The van der Waals surface area contributed by atoms with Crippen LogP contribution in [0.1, 0.15) is 50.2 Å². The molecular weight excluding hydrogens is 270 g/mol. The molecule has 2 aromatic carbocycles. The number of nitrogens with one attached hydrogen (secondary N) is 1. The van der Waals surface area contributed by atoms with Crippen molar-refractivity contribution >= 4 is 0 Å². The van der Waals surface area contributed by atoms with Crippen LogP contribution in [0.3, 0.4) is 0 Å². The van der Waals surface area contributed by atoms with Crippen molar-refractivity contribution in [2.24, 2.45) is 0 Å². The van der Waals surface area contributed by atoms with Crippen LogP contribution in [0, 0.1) is 0 Å². The summed E-state index contributed by atoms with van der Waals surface area (Å²) in [5.41, 5.74) is 2.59. The zero-order valence-electron chi connectivity index (χ0n) is 13.6. The van der Waals surface area contributed by atoms with E-state index in [0.717, 1.165) is 13.0 Å². The highest BCUT2D eigenvalue weighted by Gasteiger charge is 2.17. The fourth-order valence-electron chi connectivity index (χ4n) is 2.82. The molecule has 2 N–H and O–H groups in total. The van der Waals surface area contributed by atoms with Gasteiger partial charge in [-0.05, 0) is 49.6 Å². The third kappa shape index (κ3) is 4.88. The lowest BCUT2D eigenvalue weighted by atomic mass is 9.86. The normalized spacial score (nSPS) is 13.7. The van der Waals surface area contributed by atoms with Crippen molar-refractivity contribution in [3.05, 3.63) is 65.7 Å². The molecule has 0 aromatic heterocycles. The van der Waals surface area contributed by atoms with Gasteiger partial charge < -0.3 is 10.4 Å². The summed E-state index contributed by atoms with van der Waals surface area (Å²) in [5.74, 6) is 0.676. The van der Waals surface area contributed by atoms with E-state index in [0.29, 0.717) is 17.7 Å². The van der Waals surface area contributed by atoms with Crippen LogP contribution in [0.5, 0.6) is 5.75 Å².